The molecule has 0 spiro atoms. The number of hydrogen-bond donors (Lipinski definition) is 0. The van der Waals surface area contributed by atoms with Crippen molar-refractivity contribution in [3.8, 4) is 22.9 Å². The summed E-state index contributed by atoms with van der Waals surface area (Å²) in [6.07, 6.45) is 4.62. The van der Waals surface area contributed by atoms with Gasteiger partial charge in [0.2, 0.25) is 0 Å². The van der Waals surface area contributed by atoms with Crippen LogP contribution in [0.25, 0.3) is 11.1 Å². The number of hydrogen-bond acceptors (Lipinski definition) is 3. The van der Waals surface area contributed by atoms with Gasteiger partial charge in [-0.15, -0.1) is 0 Å². The van der Waals surface area contributed by atoms with Crippen LogP contribution in [0.2, 0.25) is 0 Å². The van der Waals surface area contributed by atoms with Crippen LogP contribution in [0.3, 0.4) is 0 Å². The molecule has 0 amide bonds. The molecule has 3 nitrogen and oxygen atoms in total. The minimum Gasteiger partial charge on any atom is -0.485 e. The lowest BCUT2D eigenvalue weighted by Gasteiger charge is -2.16. The van der Waals surface area contributed by atoms with Crippen LogP contribution >= 0.6 is 0 Å². The number of rotatable bonds is 5. The van der Waals surface area contributed by atoms with E-state index >= 15 is 0 Å². The number of nitriles is 1. The molecule has 3 aromatic carbocycles. The monoisotopic (exact) mass is 367 g/mol. The van der Waals surface area contributed by atoms with Crippen molar-refractivity contribution in [2.45, 2.75) is 25.7 Å². The highest BCUT2D eigenvalue weighted by Gasteiger charge is 2.13. The van der Waals surface area contributed by atoms with Gasteiger partial charge in [0.15, 0.2) is 12.4 Å². The standard InChI is InChI=1S/C25H21NO2/c26-16-18-5-7-20(8-6-18)21-11-13-24(14-12-21)28-17-25(27)23-10-9-19-3-1-2-4-22(19)15-23/h5-15H,1-4,17H2. The summed E-state index contributed by atoms with van der Waals surface area (Å²) < 4.78 is 5.70. The summed E-state index contributed by atoms with van der Waals surface area (Å²) in [6, 6.07) is 23.3. The molecule has 0 heterocycles. The van der Waals surface area contributed by atoms with Gasteiger partial charge in [-0.05, 0) is 78.3 Å². The predicted octanol–water partition coefficient (Wildman–Crippen LogP) is 5.37. The lowest BCUT2D eigenvalue weighted by molar-refractivity contribution is 0.0921. The normalized spacial score (nSPS) is 12.7. The Balaban J connectivity index is 1.39. The van der Waals surface area contributed by atoms with E-state index < -0.39 is 0 Å². The lowest BCUT2D eigenvalue weighted by atomic mass is 9.90. The van der Waals surface area contributed by atoms with E-state index in [0.717, 1.165) is 29.5 Å². The fraction of sp³-hybridized carbons (Fsp3) is 0.200. The Bertz CT molecular complexity index is 1030. The maximum absolute atomic E-state index is 12.5. The molecule has 138 valence electrons. The van der Waals surface area contributed by atoms with Gasteiger partial charge in [-0.2, -0.15) is 5.26 Å². The second kappa shape index (κ2) is 8.10. The van der Waals surface area contributed by atoms with Gasteiger partial charge in [0.1, 0.15) is 5.75 Å². The van der Waals surface area contributed by atoms with Gasteiger partial charge in [-0.3, -0.25) is 4.79 Å². The number of carbonyl (C=O) groups excluding carboxylic acids is 1. The first-order chi connectivity index (χ1) is 13.7. The third-order valence-electron chi connectivity index (χ3n) is 5.24. The second-order valence-corrected chi connectivity index (χ2v) is 7.12. The molecule has 3 aromatic rings. The number of aryl methyl sites for hydroxylation is 2. The number of ketones is 1. The predicted molar refractivity (Wildman–Crippen MR) is 110 cm³/mol. The van der Waals surface area contributed by atoms with Crippen molar-refractivity contribution in [3.63, 3.8) is 0 Å². The van der Waals surface area contributed by atoms with E-state index in [-0.39, 0.29) is 12.4 Å². The first-order valence-electron chi connectivity index (χ1n) is 9.61. The molecule has 0 N–H and O–H groups in total. The summed E-state index contributed by atoms with van der Waals surface area (Å²) in [5.74, 6) is 0.674. The van der Waals surface area contributed by atoms with Crippen LogP contribution in [-0.2, 0) is 12.8 Å². The van der Waals surface area contributed by atoms with Crippen molar-refractivity contribution in [2.24, 2.45) is 0 Å². The summed E-state index contributed by atoms with van der Waals surface area (Å²) in [4.78, 5) is 12.5. The summed E-state index contributed by atoms with van der Waals surface area (Å²) >= 11 is 0. The summed E-state index contributed by atoms with van der Waals surface area (Å²) in [5.41, 5.74) is 6.14. The Kier molecular flexibility index (Phi) is 5.21. The van der Waals surface area contributed by atoms with E-state index in [9.17, 15) is 4.79 Å². The van der Waals surface area contributed by atoms with Gasteiger partial charge in [-0.25, -0.2) is 0 Å². The van der Waals surface area contributed by atoms with Crippen molar-refractivity contribution in [1.29, 1.82) is 5.26 Å². The average molecular weight is 367 g/mol. The zero-order chi connectivity index (χ0) is 19.3. The van der Waals surface area contributed by atoms with Crippen LogP contribution in [0.5, 0.6) is 5.75 Å². The molecule has 0 unspecified atom stereocenters. The summed E-state index contributed by atoms with van der Waals surface area (Å²) in [7, 11) is 0. The van der Waals surface area contributed by atoms with Crippen molar-refractivity contribution in [1.82, 2.24) is 0 Å². The molecule has 3 heteroatoms. The number of benzene rings is 3. The third-order valence-corrected chi connectivity index (χ3v) is 5.24. The Morgan fingerprint density at radius 3 is 2.18 bits per heavy atom. The largest absolute Gasteiger partial charge is 0.485 e. The number of Topliss-reactive ketones (excluding diaryl/α,β-unsaturated/α-hetero) is 1. The minimum atomic E-state index is 0.00421. The van der Waals surface area contributed by atoms with E-state index in [0.29, 0.717) is 11.3 Å². The first kappa shape index (κ1) is 18.0. The summed E-state index contributed by atoms with van der Waals surface area (Å²) in [5, 5.41) is 8.89. The van der Waals surface area contributed by atoms with E-state index in [4.69, 9.17) is 10.00 Å². The fourth-order valence-electron chi connectivity index (χ4n) is 3.62. The first-order valence-corrected chi connectivity index (χ1v) is 9.61. The third kappa shape index (κ3) is 3.97. The van der Waals surface area contributed by atoms with Crippen LogP contribution in [0.1, 0.15) is 39.9 Å². The number of carbonyl (C=O) groups is 1. The Labute approximate surface area is 165 Å². The molecule has 1 aliphatic rings. The van der Waals surface area contributed by atoms with Crippen molar-refractivity contribution >= 4 is 5.78 Å². The van der Waals surface area contributed by atoms with Gasteiger partial charge in [-0.1, -0.05) is 36.4 Å². The van der Waals surface area contributed by atoms with Gasteiger partial charge >= 0.3 is 0 Å². The van der Waals surface area contributed by atoms with Crippen molar-refractivity contribution in [2.75, 3.05) is 6.61 Å². The van der Waals surface area contributed by atoms with E-state index in [1.54, 1.807) is 12.1 Å². The molecule has 28 heavy (non-hydrogen) atoms. The zero-order valence-corrected chi connectivity index (χ0v) is 15.7. The van der Waals surface area contributed by atoms with Crippen LogP contribution < -0.4 is 4.74 Å². The van der Waals surface area contributed by atoms with Crippen molar-refractivity contribution < 1.29 is 9.53 Å². The maximum atomic E-state index is 12.5. The molecule has 0 saturated heterocycles. The van der Waals surface area contributed by atoms with Gasteiger partial charge in [0.25, 0.3) is 0 Å². The maximum Gasteiger partial charge on any atom is 0.200 e. The van der Waals surface area contributed by atoms with Crippen LogP contribution in [0, 0.1) is 11.3 Å². The zero-order valence-electron chi connectivity index (χ0n) is 15.7. The van der Waals surface area contributed by atoms with E-state index in [2.05, 4.69) is 12.1 Å². The molecule has 1 aliphatic carbocycles. The average Bonchev–Trinajstić information content (AvgIpc) is 2.77. The summed E-state index contributed by atoms with van der Waals surface area (Å²) in [6.45, 7) is 0.0367. The second-order valence-electron chi connectivity index (χ2n) is 7.12. The molecule has 4 rings (SSSR count). The topological polar surface area (TPSA) is 50.1 Å². The lowest BCUT2D eigenvalue weighted by Crippen LogP contribution is -2.13. The van der Waals surface area contributed by atoms with Gasteiger partial charge in [0.05, 0.1) is 11.6 Å². The van der Waals surface area contributed by atoms with Crippen LogP contribution in [0.4, 0.5) is 0 Å². The number of fused-ring (bicyclic) bond motifs is 1. The molecule has 0 radical (unpaired) electrons. The Morgan fingerprint density at radius 2 is 1.50 bits per heavy atom. The number of nitrogens with zero attached hydrogens (tertiary/aromatic N) is 1. The smallest absolute Gasteiger partial charge is 0.200 e. The SMILES string of the molecule is N#Cc1ccc(-c2ccc(OCC(=O)c3ccc4c(c3)CCCC4)cc2)cc1. The Morgan fingerprint density at radius 1 is 0.857 bits per heavy atom. The van der Waals surface area contributed by atoms with Gasteiger partial charge in [0, 0.05) is 5.56 Å². The Hall–Kier alpha value is -3.38. The molecule has 0 bridgehead atoms. The molecular formula is C25H21NO2. The fourth-order valence-corrected chi connectivity index (χ4v) is 3.62. The molecule has 0 saturated carbocycles. The highest BCUT2D eigenvalue weighted by molar-refractivity contribution is 5.97. The quantitative estimate of drug-likeness (QED) is 0.570. The van der Waals surface area contributed by atoms with E-state index in [1.807, 2.05) is 48.5 Å². The molecule has 0 fully saturated rings. The minimum absolute atomic E-state index is 0.00421. The molecule has 0 aliphatic heterocycles. The van der Waals surface area contributed by atoms with Crippen LogP contribution in [0.15, 0.2) is 66.7 Å². The number of ether oxygens (including phenoxy) is 1. The molecule has 0 aromatic heterocycles. The van der Waals surface area contributed by atoms with Gasteiger partial charge < -0.3 is 4.74 Å². The van der Waals surface area contributed by atoms with Crippen molar-refractivity contribution in [3.05, 3.63) is 89.0 Å². The highest BCUT2D eigenvalue weighted by Crippen LogP contribution is 2.24. The molecule has 0 atom stereocenters. The highest BCUT2D eigenvalue weighted by atomic mass is 16.5. The molecular weight excluding hydrogens is 346 g/mol. The van der Waals surface area contributed by atoms with E-state index in [1.165, 1.54) is 24.0 Å². The van der Waals surface area contributed by atoms with Crippen LogP contribution in [-0.4, -0.2) is 12.4 Å².